The number of nitrogens with zero attached hydrogens (tertiary/aromatic N) is 2. The maximum Gasteiger partial charge on any atom is 0.101 e. The molecular formula is C15H23N3O2. The van der Waals surface area contributed by atoms with Crippen LogP contribution >= 0.6 is 0 Å². The zero-order chi connectivity index (χ0) is 15.0. The Morgan fingerprint density at radius 1 is 1.50 bits per heavy atom. The van der Waals surface area contributed by atoms with Crippen LogP contribution in [0.5, 0.6) is 0 Å². The Morgan fingerprint density at radius 3 is 2.85 bits per heavy atom. The van der Waals surface area contributed by atoms with Crippen molar-refractivity contribution >= 4 is 5.69 Å². The summed E-state index contributed by atoms with van der Waals surface area (Å²) < 4.78 is 4.91. The second-order valence-electron chi connectivity index (χ2n) is 4.73. The quantitative estimate of drug-likeness (QED) is 0.745. The van der Waals surface area contributed by atoms with Gasteiger partial charge in [0.1, 0.15) is 6.07 Å². The fourth-order valence-corrected chi connectivity index (χ4v) is 2.04. The second kappa shape index (κ2) is 8.54. The number of nitrogens with one attached hydrogen (secondary N) is 1. The van der Waals surface area contributed by atoms with Gasteiger partial charge in [-0.1, -0.05) is 13.0 Å². The summed E-state index contributed by atoms with van der Waals surface area (Å²) in [6.07, 6.45) is -0.571. The first-order valence-electron chi connectivity index (χ1n) is 6.74. The van der Waals surface area contributed by atoms with Gasteiger partial charge in [-0.05, 0) is 24.2 Å². The third-order valence-corrected chi connectivity index (χ3v) is 3.02. The number of methoxy groups -OCH3 is 1. The van der Waals surface area contributed by atoms with Crippen LogP contribution in [0.25, 0.3) is 0 Å². The van der Waals surface area contributed by atoms with Crippen molar-refractivity contribution in [1.29, 1.82) is 5.26 Å². The van der Waals surface area contributed by atoms with Crippen LogP contribution in [-0.4, -0.2) is 45.1 Å². The molecule has 0 aliphatic carbocycles. The molecule has 0 saturated carbocycles. The molecule has 0 aliphatic heterocycles. The molecule has 0 bridgehead atoms. The van der Waals surface area contributed by atoms with Crippen LogP contribution in [0.3, 0.4) is 0 Å². The number of hydrogen-bond donors (Lipinski definition) is 2. The van der Waals surface area contributed by atoms with Crippen LogP contribution in [0.4, 0.5) is 5.69 Å². The summed E-state index contributed by atoms with van der Waals surface area (Å²) in [4.78, 5) is 1.87. The van der Waals surface area contributed by atoms with Crippen molar-refractivity contribution in [3.05, 3.63) is 29.3 Å². The summed E-state index contributed by atoms with van der Waals surface area (Å²) >= 11 is 0. The van der Waals surface area contributed by atoms with Gasteiger partial charge in [0.15, 0.2) is 0 Å². The van der Waals surface area contributed by atoms with E-state index < -0.39 is 6.10 Å². The van der Waals surface area contributed by atoms with Gasteiger partial charge in [0, 0.05) is 27.2 Å². The molecule has 0 spiro atoms. The predicted molar refractivity (Wildman–Crippen MR) is 79.7 cm³/mol. The van der Waals surface area contributed by atoms with E-state index in [9.17, 15) is 10.4 Å². The van der Waals surface area contributed by atoms with Gasteiger partial charge in [0.25, 0.3) is 0 Å². The Labute approximate surface area is 120 Å². The molecule has 1 aromatic rings. The standard InChI is InChI=1S/C15H23N3O2/c1-4-17-9-12-5-6-15(13(7-12)8-16)18(2)10-14(19)11-20-3/h5-7,14,17,19H,4,9-11H2,1-3H3. The number of hydrogen-bond acceptors (Lipinski definition) is 5. The molecule has 0 radical (unpaired) electrons. The number of likely N-dealkylation sites (N-methyl/N-ethyl adjacent to an activating group) is 1. The van der Waals surface area contributed by atoms with Gasteiger partial charge in [-0.15, -0.1) is 0 Å². The number of benzene rings is 1. The minimum Gasteiger partial charge on any atom is -0.389 e. The van der Waals surface area contributed by atoms with Gasteiger partial charge >= 0.3 is 0 Å². The first kappa shape index (κ1) is 16.4. The normalized spacial score (nSPS) is 11.9. The number of aliphatic hydroxyl groups is 1. The predicted octanol–water partition coefficient (Wildman–Crippen LogP) is 1.11. The zero-order valence-corrected chi connectivity index (χ0v) is 12.4. The lowest BCUT2D eigenvalue weighted by molar-refractivity contribution is 0.0695. The minimum atomic E-state index is -0.571. The molecular weight excluding hydrogens is 254 g/mol. The average molecular weight is 277 g/mol. The van der Waals surface area contributed by atoms with Gasteiger partial charge in [-0.2, -0.15) is 5.26 Å². The number of anilines is 1. The highest BCUT2D eigenvalue weighted by Crippen LogP contribution is 2.20. The molecule has 0 aromatic heterocycles. The summed E-state index contributed by atoms with van der Waals surface area (Å²) in [7, 11) is 3.42. The highest BCUT2D eigenvalue weighted by Gasteiger charge is 2.12. The van der Waals surface area contributed by atoms with E-state index in [1.165, 1.54) is 0 Å². The molecule has 0 aliphatic rings. The summed E-state index contributed by atoms with van der Waals surface area (Å²) in [6, 6.07) is 8.02. The first-order chi connectivity index (χ1) is 9.62. The Kier molecular flexibility index (Phi) is 7.02. The molecule has 5 nitrogen and oxygen atoms in total. The van der Waals surface area contributed by atoms with Crippen molar-refractivity contribution in [1.82, 2.24) is 5.32 Å². The second-order valence-corrected chi connectivity index (χ2v) is 4.73. The topological polar surface area (TPSA) is 68.5 Å². The molecule has 0 saturated heterocycles. The van der Waals surface area contributed by atoms with Crippen molar-refractivity contribution in [2.75, 3.05) is 38.8 Å². The first-order valence-corrected chi connectivity index (χ1v) is 6.74. The van der Waals surface area contributed by atoms with E-state index >= 15 is 0 Å². The molecule has 2 N–H and O–H groups in total. The van der Waals surface area contributed by atoms with Gasteiger partial charge < -0.3 is 20.1 Å². The Balaban J connectivity index is 2.81. The molecule has 1 aromatic carbocycles. The van der Waals surface area contributed by atoms with Gasteiger partial charge in [0.2, 0.25) is 0 Å². The molecule has 0 fully saturated rings. The van der Waals surface area contributed by atoms with Crippen LogP contribution in [0, 0.1) is 11.3 Å². The Bertz CT molecular complexity index is 457. The third-order valence-electron chi connectivity index (χ3n) is 3.02. The van der Waals surface area contributed by atoms with E-state index in [0.717, 1.165) is 24.3 Å². The van der Waals surface area contributed by atoms with Crippen LogP contribution in [-0.2, 0) is 11.3 Å². The van der Waals surface area contributed by atoms with Gasteiger partial charge in [-0.25, -0.2) is 0 Å². The average Bonchev–Trinajstić information content (AvgIpc) is 2.44. The lowest BCUT2D eigenvalue weighted by atomic mass is 10.1. The molecule has 5 heteroatoms. The van der Waals surface area contributed by atoms with Crippen molar-refractivity contribution in [2.24, 2.45) is 0 Å². The molecule has 0 heterocycles. The maximum absolute atomic E-state index is 9.76. The number of ether oxygens (including phenoxy) is 1. The van der Waals surface area contributed by atoms with E-state index in [-0.39, 0.29) is 6.61 Å². The lowest BCUT2D eigenvalue weighted by Gasteiger charge is -2.23. The lowest BCUT2D eigenvalue weighted by Crippen LogP contribution is -2.32. The van der Waals surface area contributed by atoms with E-state index in [1.54, 1.807) is 7.11 Å². The smallest absolute Gasteiger partial charge is 0.101 e. The fraction of sp³-hybridized carbons (Fsp3) is 0.533. The molecule has 20 heavy (non-hydrogen) atoms. The van der Waals surface area contributed by atoms with Crippen molar-refractivity contribution < 1.29 is 9.84 Å². The number of rotatable bonds is 8. The number of nitriles is 1. The molecule has 1 unspecified atom stereocenters. The van der Waals surface area contributed by atoms with Crippen LogP contribution < -0.4 is 10.2 Å². The Morgan fingerprint density at radius 2 is 2.25 bits per heavy atom. The number of aliphatic hydroxyl groups excluding tert-OH is 1. The van der Waals surface area contributed by atoms with E-state index in [1.807, 2.05) is 37.1 Å². The zero-order valence-electron chi connectivity index (χ0n) is 12.4. The van der Waals surface area contributed by atoms with Gasteiger partial charge in [0.05, 0.1) is 24.0 Å². The highest BCUT2D eigenvalue weighted by molar-refractivity contribution is 5.60. The van der Waals surface area contributed by atoms with Crippen molar-refractivity contribution in [2.45, 2.75) is 19.6 Å². The van der Waals surface area contributed by atoms with E-state index in [4.69, 9.17) is 4.74 Å². The van der Waals surface area contributed by atoms with Crippen LogP contribution in [0.2, 0.25) is 0 Å². The molecule has 1 atom stereocenters. The van der Waals surface area contributed by atoms with Crippen LogP contribution in [0.1, 0.15) is 18.1 Å². The Hall–Kier alpha value is -1.61. The third kappa shape index (κ3) is 4.82. The maximum atomic E-state index is 9.76. The van der Waals surface area contributed by atoms with Crippen molar-refractivity contribution in [3.63, 3.8) is 0 Å². The highest BCUT2D eigenvalue weighted by atomic mass is 16.5. The summed E-state index contributed by atoms with van der Waals surface area (Å²) in [6.45, 7) is 4.40. The summed E-state index contributed by atoms with van der Waals surface area (Å²) in [5, 5.41) is 22.3. The molecule has 110 valence electrons. The monoisotopic (exact) mass is 277 g/mol. The summed E-state index contributed by atoms with van der Waals surface area (Å²) in [5.41, 5.74) is 2.52. The molecule has 1 rings (SSSR count). The van der Waals surface area contributed by atoms with Gasteiger partial charge in [-0.3, -0.25) is 0 Å². The SMILES string of the molecule is CCNCc1ccc(N(C)CC(O)COC)c(C#N)c1. The van der Waals surface area contributed by atoms with E-state index in [0.29, 0.717) is 12.1 Å². The molecule has 0 amide bonds. The minimum absolute atomic E-state index is 0.282. The van der Waals surface area contributed by atoms with Crippen molar-refractivity contribution in [3.8, 4) is 6.07 Å². The van der Waals surface area contributed by atoms with E-state index in [2.05, 4.69) is 11.4 Å². The largest absolute Gasteiger partial charge is 0.389 e. The summed E-state index contributed by atoms with van der Waals surface area (Å²) in [5.74, 6) is 0. The fourth-order valence-electron chi connectivity index (χ4n) is 2.04. The van der Waals surface area contributed by atoms with Crippen LogP contribution in [0.15, 0.2) is 18.2 Å².